The minimum atomic E-state index is -0.815. The lowest BCUT2D eigenvalue weighted by atomic mass is 10.2. The van der Waals surface area contributed by atoms with Crippen molar-refractivity contribution in [3.63, 3.8) is 0 Å². The Morgan fingerprint density at radius 3 is 2.82 bits per heavy atom. The highest BCUT2D eigenvalue weighted by Gasteiger charge is 2.19. The van der Waals surface area contributed by atoms with Crippen LogP contribution in [0.1, 0.15) is 16.6 Å². The van der Waals surface area contributed by atoms with Crippen LogP contribution in [0, 0.1) is 0 Å². The Labute approximate surface area is 107 Å². The topological polar surface area (TPSA) is 43.4 Å². The highest BCUT2D eigenvalue weighted by molar-refractivity contribution is 7.21. The van der Waals surface area contributed by atoms with Crippen LogP contribution in [0.3, 0.4) is 0 Å². The second-order valence-electron chi connectivity index (χ2n) is 3.34. The fourth-order valence-corrected chi connectivity index (χ4v) is 2.57. The van der Waals surface area contributed by atoms with Crippen molar-refractivity contribution < 1.29 is 14.3 Å². The van der Waals surface area contributed by atoms with E-state index in [-0.39, 0.29) is 6.61 Å². The van der Waals surface area contributed by atoms with Gasteiger partial charge in [-0.05, 0) is 36.6 Å². The number of hydrogen-bond acceptors (Lipinski definition) is 4. The Morgan fingerprint density at radius 2 is 2.12 bits per heavy atom. The summed E-state index contributed by atoms with van der Waals surface area (Å²) in [4.78, 5) is 23.4. The summed E-state index contributed by atoms with van der Waals surface area (Å²) in [6.07, 6.45) is 0. The predicted molar refractivity (Wildman–Crippen MR) is 67.8 cm³/mol. The van der Waals surface area contributed by atoms with Gasteiger partial charge in [0, 0.05) is 9.72 Å². The van der Waals surface area contributed by atoms with E-state index in [0.29, 0.717) is 9.90 Å². The maximum Gasteiger partial charge on any atom is 0.380 e. The van der Waals surface area contributed by atoms with Crippen LogP contribution in [0.4, 0.5) is 0 Å². The maximum atomic E-state index is 11.7. The lowest BCUT2D eigenvalue weighted by Gasteiger charge is -1.96. The van der Waals surface area contributed by atoms with E-state index in [9.17, 15) is 9.59 Å². The summed E-state index contributed by atoms with van der Waals surface area (Å²) in [6, 6.07) is 6.99. The Kier molecular flexibility index (Phi) is 3.45. The first-order valence-corrected chi connectivity index (χ1v) is 6.22. The van der Waals surface area contributed by atoms with E-state index in [1.54, 1.807) is 25.1 Å². The standard InChI is InChI=1S/C12H9ClO3S/c1-2-16-12(15)11(14)10-6-7-5-8(13)3-4-9(7)17-10/h3-6H,2H2,1H3. The second-order valence-corrected chi connectivity index (χ2v) is 4.86. The summed E-state index contributed by atoms with van der Waals surface area (Å²) in [5.74, 6) is -1.42. The van der Waals surface area contributed by atoms with Crippen LogP contribution in [0.25, 0.3) is 10.1 Å². The Bertz CT molecular complexity index is 588. The third-order valence-corrected chi connectivity index (χ3v) is 3.51. The SMILES string of the molecule is CCOC(=O)C(=O)c1cc2cc(Cl)ccc2s1. The first kappa shape index (κ1) is 12.1. The Morgan fingerprint density at radius 1 is 1.35 bits per heavy atom. The van der Waals surface area contributed by atoms with Crippen molar-refractivity contribution in [2.75, 3.05) is 6.61 Å². The molecule has 0 unspecified atom stereocenters. The fraction of sp³-hybridized carbons (Fsp3) is 0.167. The molecule has 88 valence electrons. The number of thiophene rings is 1. The van der Waals surface area contributed by atoms with E-state index in [0.717, 1.165) is 10.1 Å². The summed E-state index contributed by atoms with van der Waals surface area (Å²) in [5, 5.41) is 1.46. The molecule has 0 aliphatic heterocycles. The lowest BCUT2D eigenvalue weighted by molar-refractivity contribution is -0.137. The van der Waals surface area contributed by atoms with Crippen LogP contribution in [0.2, 0.25) is 5.02 Å². The molecule has 0 N–H and O–H groups in total. The molecule has 0 bridgehead atoms. The van der Waals surface area contributed by atoms with E-state index >= 15 is 0 Å². The number of halogens is 1. The van der Waals surface area contributed by atoms with Gasteiger partial charge < -0.3 is 4.74 Å². The molecular formula is C12H9ClO3S. The number of ether oxygens (including phenoxy) is 1. The number of fused-ring (bicyclic) bond motifs is 1. The van der Waals surface area contributed by atoms with Gasteiger partial charge in [-0.15, -0.1) is 11.3 Å². The van der Waals surface area contributed by atoms with Crippen LogP contribution in [0.15, 0.2) is 24.3 Å². The van der Waals surface area contributed by atoms with Crippen molar-refractivity contribution in [1.82, 2.24) is 0 Å². The van der Waals surface area contributed by atoms with E-state index in [1.807, 2.05) is 6.07 Å². The predicted octanol–water partition coefficient (Wildman–Crippen LogP) is 3.30. The molecule has 5 heteroatoms. The number of carbonyl (C=O) groups excluding carboxylic acids is 2. The number of Topliss-reactive ketones (excluding diaryl/α,β-unsaturated/α-hetero) is 1. The second kappa shape index (κ2) is 4.85. The van der Waals surface area contributed by atoms with Crippen molar-refractivity contribution in [3.05, 3.63) is 34.2 Å². The first-order chi connectivity index (χ1) is 8.11. The molecule has 2 rings (SSSR count). The zero-order valence-electron chi connectivity index (χ0n) is 9.03. The molecule has 0 saturated heterocycles. The molecule has 0 spiro atoms. The van der Waals surface area contributed by atoms with Gasteiger partial charge in [-0.2, -0.15) is 0 Å². The summed E-state index contributed by atoms with van der Waals surface area (Å²) >= 11 is 7.11. The number of rotatable bonds is 3. The summed E-state index contributed by atoms with van der Waals surface area (Å²) < 4.78 is 5.59. The highest BCUT2D eigenvalue weighted by Crippen LogP contribution is 2.28. The van der Waals surface area contributed by atoms with Gasteiger partial charge in [-0.3, -0.25) is 4.79 Å². The van der Waals surface area contributed by atoms with Gasteiger partial charge in [0.2, 0.25) is 0 Å². The Balaban J connectivity index is 2.36. The van der Waals surface area contributed by atoms with Crippen LogP contribution in [0.5, 0.6) is 0 Å². The normalized spacial score (nSPS) is 10.5. The van der Waals surface area contributed by atoms with Gasteiger partial charge >= 0.3 is 5.97 Å². The minimum absolute atomic E-state index is 0.196. The molecular weight excluding hydrogens is 260 g/mol. The number of carbonyl (C=O) groups is 2. The molecule has 1 aromatic carbocycles. The first-order valence-electron chi connectivity index (χ1n) is 5.02. The van der Waals surface area contributed by atoms with Gasteiger partial charge in [-0.1, -0.05) is 11.6 Å². The van der Waals surface area contributed by atoms with E-state index in [4.69, 9.17) is 11.6 Å². The van der Waals surface area contributed by atoms with Crippen LogP contribution in [-0.2, 0) is 9.53 Å². The van der Waals surface area contributed by atoms with Gasteiger partial charge in [0.15, 0.2) is 0 Å². The zero-order chi connectivity index (χ0) is 12.4. The molecule has 2 aromatic rings. The number of esters is 1. The molecule has 1 heterocycles. The van der Waals surface area contributed by atoms with Crippen molar-refractivity contribution >= 4 is 44.8 Å². The van der Waals surface area contributed by atoms with Crippen molar-refractivity contribution in [2.24, 2.45) is 0 Å². The van der Waals surface area contributed by atoms with E-state index in [1.165, 1.54) is 11.3 Å². The molecule has 0 fully saturated rings. The number of benzene rings is 1. The quantitative estimate of drug-likeness (QED) is 0.487. The van der Waals surface area contributed by atoms with Crippen LogP contribution in [-0.4, -0.2) is 18.4 Å². The molecule has 0 atom stereocenters. The molecule has 0 saturated carbocycles. The van der Waals surface area contributed by atoms with Gasteiger partial charge in [0.1, 0.15) is 0 Å². The van der Waals surface area contributed by atoms with Crippen molar-refractivity contribution in [2.45, 2.75) is 6.92 Å². The monoisotopic (exact) mass is 268 g/mol. The maximum absolute atomic E-state index is 11.7. The molecule has 3 nitrogen and oxygen atoms in total. The van der Waals surface area contributed by atoms with Crippen LogP contribution < -0.4 is 0 Å². The highest BCUT2D eigenvalue weighted by atomic mass is 35.5. The average molecular weight is 269 g/mol. The van der Waals surface area contributed by atoms with Gasteiger partial charge in [0.25, 0.3) is 5.78 Å². The molecule has 0 aliphatic carbocycles. The smallest absolute Gasteiger partial charge is 0.380 e. The fourth-order valence-electron chi connectivity index (χ4n) is 1.42. The third kappa shape index (κ3) is 2.48. The molecule has 0 radical (unpaired) electrons. The van der Waals surface area contributed by atoms with Gasteiger partial charge in [-0.25, -0.2) is 4.79 Å². The third-order valence-electron chi connectivity index (χ3n) is 2.16. The number of hydrogen-bond donors (Lipinski definition) is 0. The minimum Gasteiger partial charge on any atom is -0.460 e. The van der Waals surface area contributed by atoms with E-state index < -0.39 is 11.8 Å². The van der Waals surface area contributed by atoms with Crippen molar-refractivity contribution in [1.29, 1.82) is 0 Å². The number of ketones is 1. The van der Waals surface area contributed by atoms with Crippen molar-refractivity contribution in [3.8, 4) is 0 Å². The summed E-state index contributed by atoms with van der Waals surface area (Å²) in [7, 11) is 0. The zero-order valence-corrected chi connectivity index (χ0v) is 10.6. The molecule has 1 aromatic heterocycles. The van der Waals surface area contributed by atoms with Gasteiger partial charge in [0.05, 0.1) is 11.5 Å². The summed E-state index contributed by atoms with van der Waals surface area (Å²) in [6.45, 7) is 1.86. The molecule has 0 aliphatic rings. The van der Waals surface area contributed by atoms with E-state index in [2.05, 4.69) is 4.74 Å². The average Bonchev–Trinajstić information content (AvgIpc) is 2.71. The Hall–Kier alpha value is -1.39. The van der Waals surface area contributed by atoms with Crippen LogP contribution >= 0.6 is 22.9 Å². The largest absolute Gasteiger partial charge is 0.460 e. The lowest BCUT2D eigenvalue weighted by Crippen LogP contribution is -2.16. The molecule has 0 amide bonds. The summed E-state index contributed by atoms with van der Waals surface area (Å²) in [5.41, 5.74) is 0. The molecule has 17 heavy (non-hydrogen) atoms.